The zero-order chi connectivity index (χ0) is 21.3. The number of para-hydroxylation sites is 1. The van der Waals surface area contributed by atoms with Crippen molar-refractivity contribution in [1.82, 2.24) is 20.3 Å². The van der Waals surface area contributed by atoms with Crippen molar-refractivity contribution in [3.05, 3.63) is 35.7 Å². The van der Waals surface area contributed by atoms with Gasteiger partial charge in [-0.3, -0.25) is 29.7 Å². The smallest absolute Gasteiger partial charge is 0.264 e. The minimum Gasteiger partial charge on any atom is -0.481 e. The second-order valence-electron chi connectivity index (χ2n) is 7.04. The van der Waals surface area contributed by atoms with E-state index >= 15 is 0 Å². The predicted molar refractivity (Wildman–Crippen MR) is 106 cm³/mol. The average molecular weight is 411 g/mol. The van der Waals surface area contributed by atoms with Crippen LogP contribution in [0.25, 0.3) is 10.9 Å². The Balaban J connectivity index is 1.52. The molecular weight excluding hydrogens is 390 g/mol. The van der Waals surface area contributed by atoms with Crippen molar-refractivity contribution in [3.63, 3.8) is 0 Å². The molecule has 10 nitrogen and oxygen atoms in total. The fraction of sp³-hybridized carbons (Fsp3) is 0.350. The molecule has 10 heteroatoms. The van der Waals surface area contributed by atoms with Crippen LogP contribution < -0.4 is 15.4 Å². The van der Waals surface area contributed by atoms with Gasteiger partial charge in [0.25, 0.3) is 5.91 Å². The lowest BCUT2D eigenvalue weighted by atomic mass is 9.93. The molecule has 0 bridgehead atoms. The molecule has 0 aliphatic carbocycles. The topological polar surface area (TPSA) is 128 Å². The summed E-state index contributed by atoms with van der Waals surface area (Å²) >= 11 is 0. The van der Waals surface area contributed by atoms with Gasteiger partial charge in [-0.05, 0) is 18.9 Å². The van der Waals surface area contributed by atoms with E-state index in [1.54, 1.807) is 29.9 Å². The summed E-state index contributed by atoms with van der Waals surface area (Å²) in [5.41, 5.74) is 1.99. The zero-order valence-corrected chi connectivity index (χ0v) is 16.6. The number of piperidine rings is 1. The van der Waals surface area contributed by atoms with Crippen LogP contribution in [-0.2, 0) is 27.9 Å². The minimum atomic E-state index is -0.510. The first-order chi connectivity index (χ1) is 14.5. The van der Waals surface area contributed by atoms with Crippen molar-refractivity contribution in [2.75, 3.05) is 11.9 Å². The van der Waals surface area contributed by atoms with Gasteiger partial charge in [0.15, 0.2) is 6.61 Å². The lowest BCUT2D eigenvalue weighted by Gasteiger charge is -2.19. The van der Waals surface area contributed by atoms with Gasteiger partial charge in [-0.25, -0.2) is 0 Å². The lowest BCUT2D eigenvalue weighted by Crippen LogP contribution is -2.39. The molecule has 3 amide bonds. The molecule has 2 aromatic heterocycles. The molecule has 4 rings (SSSR count). The number of aromatic nitrogens is 3. The molecule has 1 atom stereocenters. The fourth-order valence-electron chi connectivity index (χ4n) is 3.51. The number of amides is 3. The number of aryl methyl sites for hydroxylation is 2. The number of benzene rings is 1. The van der Waals surface area contributed by atoms with E-state index in [1.807, 2.05) is 13.0 Å². The van der Waals surface area contributed by atoms with Crippen molar-refractivity contribution < 1.29 is 23.6 Å². The summed E-state index contributed by atoms with van der Waals surface area (Å²) in [6, 6.07) is 7.01. The molecule has 2 N–H and O–H groups in total. The van der Waals surface area contributed by atoms with Gasteiger partial charge in [-0.2, -0.15) is 5.10 Å². The monoisotopic (exact) mass is 411 g/mol. The predicted octanol–water partition coefficient (Wildman–Crippen LogP) is 1.66. The van der Waals surface area contributed by atoms with Gasteiger partial charge >= 0.3 is 0 Å². The Morgan fingerprint density at radius 1 is 1.40 bits per heavy atom. The third kappa shape index (κ3) is 3.76. The van der Waals surface area contributed by atoms with E-state index in [4.69, 9.17) is 9.26 Å². The van der Waals surface area contributed by atoms with Gasteiger partial charge in [0.1, 0.15) is 11.3 Å². The van der Waals surface area contributed by atoms with Crippen LogP contribution in [0.15, 0.2) is 28.8 Å². The number of anilines is 1. The first-order valence-corrected chi connectivity index (χ1v) is 9.63. The largest absolute Gasteiger partial charge is 0.481 e. The van der Waals surface area contributed by atoms with Gasteiger partial charge in [0.05, 0.1) is 17.3 Å². The molecular formula is C20H21N5O5. The Morgan fingerprint density at radius 2 is 2.23 bits per heavy atom. The number of rotatable bonds is 6. The number of ether oxygens (including phenoxy) is 1. The molecule has 1 aliphatic rings. The van der Waals surface area contributed by atoms with Crippen LogP contribution in [0.3, 0.4) is 0 Å². The maximum absolute atomic E-state index is 12.3. The number of nitrogens with zero attached hydrogens (tertiary/aromatic N) is 3. The Labute approximate surface area is 171 Å². The van der Waals surface area contributed by atoms with Gasteiger partial charge in [0.2, 0.25) is 17.7 Å². The van der Waals surface area contributed by atoms with Crippen molar-refractivity contribution >= 4 is 34.5 Å². The molecule has 1 fully saturated rings. The molecule has 0 spiro atoms. The second-order valence-corrected chi connectivity index (χ2v) is 7.04. The highest BCUT2D eigenvalue weighted by Crippen LogP contribution is 2.34. The Bertz CT molecular complexity index is 1130. The van der Waals surface area contributed by atoms with E-state index in [9.17, 15) is 14.4 Å². The highest BCUT2D eigenvalue weighted by molar-refractivity contribution is 6.03. The Morgan fingerprint density at radius 3 is 2.97 bits per heavy atom. The molecule has 1 unspecified atom stereocenters. The molecule has 1 aliphatic heterocycles. The van der Waals surface area contributed by atoms with Gasteiger partial charge in [0, 0.05) is 24.9 Å². The highest BCUT2D eigenvalue weighted by atomic mass is 16.5. The number of imide groups is 1. The lowest BCUT2D eigenvalue weighted by molar-refractivity contribution is -0.134. The van der Waals surface area contributed by atoms with Gasteiger partial charge < -0.3 is 9.26 Å². The third-order valence-corrected chi connectivity index (χ3v) is 4.97. The summed E-state index contributed by atoms with van der Waals surface area (Å²) in [6.45, 7) is 1.70. The maximum atomic E-state index is 12.3. The van der Waals surface area contributed by atoms with E-state index < -0.39 is 11.8 Å². The Hall–Kier alpha value is -3.69. The number of hydrogen-bond acceptors (Lipinski definition) is 7. The van der Waals surface area contributed by atoms with Crippen LogP contribution in [0.4, 0.5) is 5.88 Å². The summed E-state index contributed by atoms with van der Waals surface area (Å²) in [5.74, 6) is -0.801. The van der Waals surface area contributed by atoms with Crippen LogP contribution in [0.5, 0.6) is 5.75 Å². The van der Waals surface area contributed by atoms with E-state index in [-0.39, 0.29) is 30.7 Å². The minimum absolute atomic E-state index is 0.236. The zero-order valence-electron chi connectivity index (χ0n) is 16.6. The van der Waals surface area contributed by atoms with Crippen LogP contribution >= 0.6 is 0 Å². The first-order valence-electron chi connectivity index (χ1n) is 9.63. The molecule has 30 heavy (non-hydrogen) atoms. The van der Waals surface area contributed by atoms with Crippen molar-refractivity contribution in [1.29, 1.82) is 0 Å². The van der Waals surface area contributed by atoms with Crippen LogP contribution in [0, 0.1) is 0 Å². The number of fused-ring (bicyclic) bond motifs is 1. The van der Waals surface area contributed by atoms with Crippen LogP contribution in [0.1, 0.15) is 37.1 Å². The number of hydrogen-bond donors (Lipinski definition) is 2. The van der Waals surface area contributed by atoms with Crippen LogP contribution in [-0.4, -0.2) is 39.3 Å². The summed E-state index contributed by atoms with van der Waals surface area (Å²) in [4.78, 5) is 35.9. The van der Waals surface area contributed by atoms with Crippen molar-refractivity contribution in [2.45, 2.75) is 32.1 Å². The quantitative estimate of drug-likeness (QED) is 0.590. The molecule has 3 aromatic rings. The highest BCUT2D eigenvalue weighted by Gasteiger charge is 2.32. The van der Waals surface area contributed by atoms with Gasteiger partial charge in [-0.1, -0.05) is 24.2 Å². The third-order valence-electron chi connectivity index (χ3n) is 4.97. The summed E-state index contributed by atoms with van der Waals surface area (Å²) in [6.07, 6.45) is 1.38. The van der Waals surface area contributed by atoms with Crippen LogP contribution in [0.2, 0.25) is 0 Å². The standard InChI is InChI=1S/C20H21N5O5/c1-3-11-9-17(30-24-11)21-16(27)10-29-14-6-4-5-12-18(23-25(2)19(12)14)13-7-8-15(26)22-20(13)28/h4-6,9,13H,3,7-8,10H2,1-2H3,(H,21,27)(H,22,26,28). The average Bonchev–Trinajstić information content (AvgIpc) is 3.31. The number of carbonyl (C=O) groups excluding carboxylic acids is 3. The first kappa shape index (κ1) is 19.6. The molecule has 0 radical (unpaired) electrons. The number of nitrogens with one attached hydrogen (secondary N) is 2. The molecule has 1 saturated heterocycles. The number of carbonyl (C=O) groups is 3. The Kier molecular flexibility index (Phi) is 5.21. The molecule has 1 aromatic carbocycles. The summed E-state index contributed by atoms with van der Waals surface area (Å²) in [5, 5.41) is 14.0. The summed E-state index contributed by atoms with van der Waals surface area (Å²) < 4.78 is 12.4. The molecule has 0 saturated carbocycles. The van der Waals surface area contributed by atoms with E-state index in [0.29, 0.717) is 29.8 Å². The van der Waals surface area contributed by atoms with E-state index in [2.05, 4.69) is 20.9 Å². The van der Waals surface area contributed by atoms with E-state index in [0.717, 1.165) is 11.1 Å². The summed E-state index contributed by atoms with van der Waals surface area (Å²) in [7, 11) is 1.74. The fourth-order valence-corrected chi connectivity index (χ4v) is 3.51. The van der Waals surface area contributed by atoms with Gasteiger partial charge in [-0.15, -0.1) is 0 Å². The maximum Gasteiger partial charge on any atom is 0.264 e. The van der Waals surface area contributed by atoms with Crippen molar-refractivity contribution in [2.24, 2.45) is 7.05 Å². The van der Waals surface area contributed by atoms with E-state index in [1.165, 1.54) is 0 Å². The SMILES string of the molecule is CCc1cc(NC(=O)COc2cccc3c(C4CCC(=O)NC4=O)nn(C)c23)on1. The normalized spacial score (nSPS) is 16.5. The molecule has 3 heterocycles. The molecule has 156 valence electrons. The van der Waals surface area contributed by atoms with Crippen molar-refractivity contribution in [3.8, 4) is 5.75 Å². The second kappa shape index (κ2) is 7.97.